The molecule has 1 amide bonds. The third-order valence-corrected chi connectivity index (χ3v) is 4.73. The third kappa shape index (κ3) is 5.00. The number of aryl methyl sites for hydroxylation is 1. The standard InChI is InChI=1S/C22H32N2O4/c1-7-26-19-13-18(14-20(27-8-2)21(19)28-9-3)22(25)23-11-10-17-12-15(4)24(6)16(17)5/h12-14H,7-11H2,1-6H3,(H,23,25). The molecule has 28 heavy (non-hydrogen) atoms. The predicted molar refractivity (Wildman–Crippen MR) is 111 cm³/mol. The number of amides is 1. The van der Waals surface area contributed by atoms with Crippen LogP contribution >= 0.6 is 0 Å². The minimum atomic E-state index is -0.157. The van der Waals surface area contributed by atoms with Crippen LogP contribution in [0, 0.1) is 13.8 Å². The van der Waals surface area contributed by atoms with E-state index in [0.29, 0.717) is 49.2 Å². The highest BCUT2D eigenvalue weighted by Gasteiger charge is 2.18. The van der Waals surface area contributed by atoms with Gasteiger partial charge in [0, 0.05) is 30.5 Å². The Labute approximate surface area is 167 Å². The Morgan fingerprint density at radius 1 is 0.964 bits per heavy atom. The van der Waals surface area contributed by atoms with E-state index < -0.39 is 0 Å². The van der Waals surface area contributed by atoms with Crippen molar-refractivity contribution in [3.8, 4) is 17.2 Å². The van der Waals surface area contributed by atoms with E-state index in [9.17, 15) is 4.79 Å². The van der Waals surface area contributed by atoms with Gasteiger partial charge in [-0.15, -0.1) is 0 Å². The van der Waals surface area contributed by atoms with E-state index >= 15 is 0 Å². The van der Waals surface area contributed by atoms with Gasteiger partial charge in [0.2, 0.25) is 5.75 Å². The summed E-state index contributed by atoms with van der Waals surface area (Å²) in [4.78, 5) is 12.7. The molecular formula is C22H32N2O4. The molecular weight excluding hydrogens is 356 g/mol. The number of benzene rings is 1. The Hall–Kier alpha value is -2.63. The number of ether oxygens (including phenoxy) is 3. The van der Waals surface area contributed by atoms with E-state index in [4.69, 9.17) is 14.2 Å². The van der Waals surface area contributed by atoms with Crippen molar-refractivity contribution in [1.82, 2.24) is 9.88 Å². The summed E-state index contributed by atoms with van der Waals surface area (Å²) in [7, 11) is 2.05. The molecule has 1 heterocycles. The van der Waals surface area contributed by atoms with Crippen LogP contribution in [0.4, 0.5) is 0 Å². The van der Waals surface area contributed by atoms with Crippen LogP contribution in [0.2, 0.25) is 0 Å². The van der Waals surface area contributed by atoms with Crippen LogP contribution in [0.25, 0.3) is 0 Å². The fourth-order valence-electron chi connectivity index (χ4n) is 3.12. The Balaban J connectivity index is 2.15. The number of aromatic nitrogens is 1. The second kappa shape index (κ2) is 10.1. The van der Waals surface area contributed by atoms with Crippen LogP contribution in [0.1, 0.15) is 48.1 Å². The van der Waals surface area contributed by atoms with Gasteiger partial charge < -0.3 is 24.1 Å². The van der Waals surface area contributed by atoms with Gasteiger partial charge in [-0.3, -0.25) is 4.79 Å². The maximum Gasteiger partial charge on any atom is 0.251 e. The lowest BCUT2D eigenvalue weighted by Gasteiger charge is -2.17. The van der Waals surface area contributed by atoms with Crippen molar-refractivity contribution in [2.75, 3.05) is 26.4 Å². The largest absolute Gasteiger partial charge is 0.490 e. The van der Waals surface area contributed by atoms with Crippen molar-refractivity contribution < 1.29 is 19.0 Å². The average molecular weight is 389 g/mol. The van der Waals surface area contributed by atoms with Crippen molar-refractivity contribution in [3.05, 3.63) is 40.7 Å². The van der Waals surface area contributed by atoms with E-state index in [2.05, 4.69) is 36.8 Å². The van der Waals surface area contributed by atoms with Crippen LogP contribution in [0.5, 0.6) is 17.2 Å². The first-order valence-electron chi connectivity index (χ1n) is 9.89. The Morgan fingerprint density at radius 2 is 1.54 bits per heavy atom. The van der Waals surface area contributed by atoms with Crippen LogP contribution in [-0.4, -0.2) is 36.8 Å². The maximum atomic E-state index is 12.7. The Bertz CT molecular complexity index is 784. The average Bonchev–Trinajstić information content (AvgIpc) is 2.91. The predicted octanol–water partition coefficient (Wildman–Crippen LogP) is 3.81. The molecule has 2 aromatic rings. The van der Waals surface area contributed by atoms with Gasteiger partial charge in [0.25, 0.3) is 5.91 Å². The molecule has 0 aliphatic rings. The van der Waals surface area contributed by atoms with Crippen molar-refractivity contribution in [2.24, 2.45) is 7.05 Å². The zero-order chi connectivity index (χ0) is 20.7. The highest BCUT2D eigenvalue weighted by atomic mass is 16.5. The first-order chi connectivity index (χ1) is 13.4. The number of hydrogen-bond donors (Lipinski definition) is 1. The molecule has 0 aliphatic carbocycles. The van der Waals surface area contributed by atoms with Crippen molar-refractivity contribution in [3.63, 3.8) is 0 Å². The molecule has 1 aromatic carbocycles. The van der Waals surface area contributed by atoms with Crippen molar-refractivity contribution in [2.45, 2.75) is 41.0 Å². The molecule has 0 atom stereocenters. The highest BCUT2D eigenvalue weighted by molar-refractivity contribution is 5.95. The quantitative estimate of drug-likeness (QED) is 0.672. The Kier molecular flexibility index (Phi) is 7.79. The molecule has 0 fully saturated rings. The van der Waals surface area contributed by atoms with Gasteiger partial charge in [-0.05, 0) is 64.8 Å². The maximum absolute atomic E-state index is 12.7. The molecule has 0 radical (unpaired) electrons. The molecule has 6 nitrogen and oxygen atoms in total. The molecule has 1 aromatic heterocycles. The number of carbonyl (C=O) groups excluding carboxylic acids is 1. The number of nitrogens with zero attached hydrogens (tertiary/aromatic N) is 1. The molecule has 6 heteroatoms. The van der Waals surface area contributed by atoms with E-state index in [0.717, 1.165) is 6.42 Å². The number of rotatable bonds is 10. The van der Waals surface area contributed by atoms with Gasteiger partial charge >= 0.3 is 0 Å². The number of nitrogens with one attached hydrogen (secondary N) is 1. The van der Waals surface area contributed by atoms with E-state index in [-0.39, 0.29) is 5.91 Å². The fourth-order valence-corrected chi connectivity index (χ4v) is 3.12. The first-order valence-corrected chi connectivity index (χ1v) is 9.89. The monoisotopic (exact) mass is 388 g/mol. The fraction of sp³-hybridized carbons (Fsp3) is 0.500. The molecule has 1 N–H and O–H groups in total. The van der Waals surface area contributed by atoms with Crippen LogP contribution < -0.4 is 19.5 Å². The molecule has 0 unspecified atom stereocenters. The topological polar surface area (TPSA) is 61.7 Å². The van der Waals surface area contributed by atoms with Gasteiger partial charge in [-0.1, -0.05) is 0 Å². The minimum Gasteiger partial charge on any atom is -0.490 e. The Morgan fingerprint density at radius 3 is 2.00 bits per heavy atom. The molecule has 0 bridgehead atoms. The summed E-state index contributed by atoms with van der Waals surface area (Å²) in [5.41, 5.74) is 4.19. The van der Waals surface area contributed by atoms with E-state index in [1.807, 2.05) is 20.8 Å². The minimum absolute atomic E-state index is 0.157. The van der Waals surface area contributed by atoms with Gasteiger partial charge in [0.05, 0.1) is 19.8 Å². The summed E-state index contributed by atoms with van der Waals surface area (Å²) in [6.07, 6.45) is 0.785. The highest BCUT2D eigenvalue weighted by Crippen LogP contribution is 2.39. The summed E-state index contributed by atoms with van der Waals surface area (Å²) >= 11 is 0. The SMILES string of the molecule is CCOc1cc(C(=O)NCCc2cc(C)n(C)c2C)cc(OCC)c1OCC. The smallest absolute Gasteiger partial charge is 0.251 e. The van der Waals surface area contributed by atoms with E-state index in [1.165, 1.54) is 17.0 Å². The zero-order valence-corrected chi connectivity index (χ0v) is 17.8. The van der Waals surface area contributed by atoms with Crippen molar-refractivity contribution in [1.29, 1.82) is 0 Å². The van der Waals surface area contributed by atoms with E-state index in [1.54, 1.807) is 12.1 Å². The van der Waals surface area contributed by atoms with Gasteiger partial charge in [-0.25, -0.2) is 0 Å². The summed E-state index contributed by atoms with van der Waals surface area (Å²) in [5, 5.41) is 2.99. The molecule has 2 rings (SSSR count). The molecule has 154 valence electrons. The van der Waals surface area contributed by atoms with Crippen molar-refractivity contribution >= 4 is 5.91 Å². The lowest BCUT2D eigenvalue weighted by Crippen LogP contribution is -2.26. The molecule has 0 saturated heterocycles. The molecule has 0 spiro atoms. The molecule has 0 saturated carbocycles. The summed E-state index contributed by atoms with van der Waals surface area (Å²) in [6, 6.07) is 5.59. The second-order valence-corrected chi connectivity index (χ2v) is 6.56. The number of carbonyl (C=O) groups is 1. The normalized spacial score (nSPS) is 10.6. The van der Waals surface area contributed by atoms with Gasteiger partial charge in [-0.2, -0.15) is 0 Å². The first kappa shape index (κ1) is 21.7. The van der Waals surface area contributed by atoms with Crippen LogP contribution in [0.3, 0.4) is 0 Å². The van der Waals surface area contributed by atoms with Crippen LogP contribution in [0.15, 0.2) is 18.2 Å². The van der Waals surface area contributed by atoms with Crippen LogP contribution in [-0.2, 0) is 13.5 Å². The lowest BCUT2D eigenvalue weighted by atomic mass is 10.1. The summed E-state index contributed by atoms with van der Waals surface area (Å²) < 4.78 is 19.2. The molecule has 0 aliphatic heterocycles. The van der Waals surface area contributed by atoms with Gasteiger partial charge in [0.1, 0.15) is 0 Å². The zero-order valence-electron chi connectivity index (χ0n) is 17.8. The summed E-state index contributed by atoms with van der Waals surface area (Å²) in [5.74, 6) is 1.43. The van der Waals surface area contributed by atoms with Gasteiger partial charge in [0.15, 0.2) is 11.5 Å². The number of hydrogen-bond acceptors (Lipinski definition) is 4. The second-order valence-electron chi connectivity index (χ2n) is 6.56. The summed E-state index contributed by atoms with van der Waals surface area (Å²) in [6.45, 7) is 11.9. The third-order valence-electron chi connectivity index (χ3n) is 4.73. The lowest BCUT2D eigenvalue weighted by molar-refractivity contribution is 0.0953.